The molecule has 0 aliphatic carbocycles. The van der Waals surface area contributed by atoms with Gasteiger partial charge in [-0.2, -0.15) is 0 Å². The van der Waals surface area contributed by atoms with E-state index in [-0.39, 0.29) is 19.3 Å². The summed E-state index contributed by atoms with van der Waals surface area (Å²) >= 11 is 0. The van der Waals surface area contributed by atoms with Crippen LogP contribution in [0.3, 0.4) is 0 Å². The van der Waals surface area contributed by atoms with Crippen molar-refractivity contribution in [3.8, 4) is 0 Å². The Balaban J connectivity index is 2.36. The number of rotatable bonds is 6. The quantitative estimate of drug-likeness (QED) is 0.719. The molecule has 1 aromatic heterocycles. The maximum absolute atomic E-state index is 8.97. The van der Waals surface area contributed by atoms with Gasteiger partial charge in [0.1, 0.15) is 11.5 Å². The zero-order valence-electron chi connectivity index (χ0n) is 9.31. The van der Waals surface area contributed by atoms with E-state index in [2.05, 4.69) is 0 Å². The second-order valence-corrected chi connectivity index (χ2v) is 3.76. The van der Waals surface area contributed by atoms with Crippen molar-refractivity contribution in [1.29, 1.82) is 0 Å². The molecule has 2 N–H and O–H groups in total. The van der Waals surface area contributed by atoms with Crippen molar-refractivity contribution in [3.63, 3.8) is 0 Å². The molecule has 1 rings (SSSR count). The van der Waals surface area contributed by atoms with Crippen LogP contribution < -0.4 is 0 Å². The minimum atomic E-state index is -0.180. The SMILES string of the molecule is Cc1ccc(CCN(C)C(CO)CO)o1. The van der Waals surface area contributed by atoms with Gasteiger partial charge in [0.25, 0.3) is 0 Å². The molecule has 1 heterocycles. The molecule has 15 heavy (non-hydrogen) atoms. The molecule has 0 saturated heterocycles. The largest absolute Gasteiger partial charge is 0.466 e. The Morgan fingerprint density at radius 1 is 1.33 bits per heavy atom. The smallest absolute Gasteiger partial charge is 0.105 e. The van der Waals surface area contributed by atoms with Gasteiger partial charge in [0, 0.05) is 13.0 Å². The fraction of sp³-hybridized carbons (Fsp3) is 0.636. The van der Waals surface area contributed by atoms with Crippen molar-refractivity contribution in [1.82, 2.24) is 4.90 Å². The molecular weight excluding hydrogens is 194 g/mol. The predicted molar refractivity (Wildman–Crippen MR) is 57.7 cm³/mol. The normalized spacial score (nSPS) is 11.6. The lowest BCUT2D eigenvalue weighted by Crippen LogP contribution is -2.38. The average Bonchev–Trinajstić information content (AvgIpc) is 2.63. The molecule has 86 valence electrons. The summed E-state index contributed by atoms with van der Waals surface area (Å²) in [4.78, 5) is 1.93. The van der Waals surface area contributed by atoms with Crippen molar-refractivity contribution in [2.24, 2.45) is 0 Å². The van der Waals surface area contributed by atoms with Crippen LogP contribution >= 0.6 is 0 Å². The summed E-state index contributed by atoms with van der Waals surface area (Å²) in [5.41, 5.74) is 0. The molecule has 4 nitrogen and oxygen atoms in total. The van der Waals surface area contributed by atoms with E-state index >= 15 is 0 Å². The van der Waals surface area contributed by atoms with Crippen LogP contribution in [0.25, 0.3) is 0 Å². The molecule has 0 aromatic carbocycles. The molecule has 0 saturated carbocycles. The first kappa shape index (κ1) is 12.2. The molecule has 0 spiro atoms. The molecule has 0 radical (unpaired) electrons. The maximum atomic E-state index is 8.97. The molecule has 0 aliphatic rings. The minimum Gasteiger partial charge on any atom is -0.466 e. The highest BCUT2D eigenvalue weighted by Gasteiger charge is 2.12. The Hall–Kier alpha value is -0.840. The summed E-state index contributed by atoms with van der Waals surface area (Å²) in [6.45, 7) is 2.63. The summed E-state index contributed by atoms with van der Waals surface area (Å²) in [6, 6.07) is 3.71. The van der Waals surface area contributed by atoms with Gasteiger partial charge in [-0.25, -0.2) is 0 Å². The Kier molecular flexibility index (Phi) is 4.81. The maximum Gasteiger partial charge on any atom is 0.105 e. The molecule has 4 heteroatoms. The van der Waals surface area contributed by atoms with Gasteiger partial charge in [-0.05, 0) is 26.1 Å². The minimum absolute atomic E-state index is 0.0236. The van der Waals surface area contributed by atoms with Crippen LogP contribution in [-0.2, 0) is 6.42 Å². The van der Waals surface area contributed by atoms with Crippen molar-refractivity contribution in [3.05, 3.63) is 23.7 Å². The third-order valence-electron chi connectivity index (χ3n) is 2.55. The van der Waals surface area contributed by atoms with E-state index in [4.69, 9.17) is 14.6 Å². The molecule has 1 aromatic rings. The Labute approximate surface area is 90.1 Å². The summed E-state index contributed by atoms with van der Waals surface area (Å²) in [6.07, 6.45) is 0.792. The van der Waals surface area contributed by atoms with Gasteiger partial charge < -0.3 is 14.6 Å². The van der Waals surface area contributed by atoms with E-state index in [9.17, 15) is 0 Å². The van der Waals surface area contributed by atoms with Crippen molar-refractivity contribution in [2.45, 2.75) is 19.4 Å². The van der Waals surface area contributed by atoms with Crippen LogP contribution in [0.5, 0.6) is 0 Å². The fourth-order valence-corrected chi connectivity index (χ4v) is 1.43. The Morgan fingerprint density at radius 3 is 2.47 bits per heavy atom. The van der Waals surface area contributed by atoms with Crippen molar-refractivity contribution >= 4 is 0 Å². The number of nitrogens with zero attached hydrogens (tertiary/aromatic N) is 1. The van der Waals surface area contributed by atoms with E-state index in [1.54, 1.807) is 0 Å². The zero-order chi connectivity index (χ0) is 11.3. The summed E-state index contributed by atoms with van der Waals surface area (Å²) in [5.74, 6) is 1.85. The van der Waals surface area contributed by atoms with E-state index in [1.165, 1.54) is 0 Å². The molecular formula is C11H19NO3. The number of likely N-dealkylation sites (N-methyl/N-ethyl adjacent to an activating group) is 1. The van der Waals surface area contributed by atoms with Gasteiger partial charge in [-0.15, -0.1) is 0 Å². The lowest BCUT2D eigenvalue weighted by atomic mass is 10.2. The van der Waals surface area contributed by atoms with E-state index in [0.29, 0.717) is 0 Å². The van der Waals surface area contributed by atoms with Crippen molar-refractivity contribution in [2.75, 3.05) is 26.8 Å². The number of hydrogen-bond acceptors (Lipinski definition) is 4. The molecule has 0 unspecified atom stereocenters. The van der Waals surface area contributed by atoms with Crippen LogP contribution in [0.1, 0.15) is 11.5 Å². The Bertz CT molecular complexity index is 281. The van der Waals surface area contributed by atoms with E-state index < -0.39 is 0 Å². The summed E-state index contributed by atoms with van der Waals surface area (Å²) in [7, 11) is 1.88. The van der Waals surface area contributed by atoms with Gasteiger partial charge >= 0.3 is 0 Å². The lowest BCUT2D eigenvalue weighted by Gasteiger charge is -2.23. The van der Waals surface area contributed by atoms with Crippen LogP contribution in [0.15, 0.2) is 16.5 Å². The molecule has 0 fully saturated rings. The van der Waals surface area contributed by atoms with Gasteiger partial charge in [0.15, 0.2) is 0 Å². The zero-order valence-corrected chi connectivity index (χ0v) is 9.31. The number of aliphatic hydroxyl groups excluding tert-OH is 2. The molecule has 0 amide bonds. The van der Waals surface area contributed by atoms with Crippen molar-refractivity contribution < 1.29 is 14.6 Å². The van der Waals surface area contributed by atoms with Gasteiger partial charge in [0.05, 0.1) is 19.3 Å². The van der Waals surface area contributed by atoms with E-state index in [0.717, 1.165) is 24.5 Å². The standard InChI is InChI=1S/C11H19NO3/c1-9-3-4-11(15-9)5-6-12(2)10(7-13)8-14/h3-4,10,13-14H,5-8H2,1-2H3. The lowest BCUT2D eigenvalue weighted by molar-refractivity contribution is 0.0915. The van der Waals surface area contributed by atoms with Gasteiger partial charge in [-0.1, -0.05) is 0 Å². The summed E-state index contributed by atoms with van der Waals surface area (Å²) in [5, 5.41) is 17.9. The molecule has 0 atom stereocenters. The third kappa shape index (κ3) is 3.66. The number of aryl methyl sites for hydroxylation is 1. The summed E-state index contributed by atoms with van der Waals surface area (Å²) < 4.78 is 5.43. The van der Waals surface area contributed by atoms with Crippen LogP contribution in [0, 0.1) is 6.92 Å². The van der Waals surface area contributed by atoms with E-state index in [1.807, 2.05) is 31.0 Å². The Morgan fingerprint density at radius 2 is 2.00 bits per heavy atom. The van der Waals surface area contributed by atoms with Crippen LogP contribution in [-0.4, -0.2) is 48.0 Å². The van der Waals surface area contributed by atoms with Gasteiger partial charge in [0.2, 0.25) is 0 Å². The predicted octanol–water partition coefficient (Wildman–Crippen LogP) is 0.416. The molecule has 0 aliphatic heterocycles. The fourth-order valence-electron chi connectivity index (χ4n) is 1.43. The average molecular weight is 213 g/mol. The number of hydrogen-bond donors (Lipinski definition) is 2. The van der Waals surface area contributed by atoms with Crippen LogP contribution in [0.2, 0.25) is 0 Å². The highest BCUT2D eigenvalue weighted by molar-refractivity contribution is 5.05. The number of aliphatic hydroxyl groups is 2. The highest BCUT2D eigenvalue weighted by Crippen LogP contribution is 2.08. The second kappa shape index (κ2) is 5.90. The van der Waals surface area contributed by atoms with Gasteiger partial charge in [-0.3, -0.25) is 4.90 Å². The second-order valence-electron chi connectivity index (χ2n) is 3.76. The topological polar surface area (TPSA) is 56.8 Å². The number of furan rings is 1. The molecule has 0 bridgehead atoms. The third-order valence-corrected chi connectivity index (χ3v) is 2.55. The first-order valence-electron chi connectivity index (χ1n) is 5.14. The first-order chi connectivity index (χ1) is 7.17. The highest BCUT2D eigenvalue weighted by atomic mass is 16.3. The first-order valence-corrected chi connectivity index (χ1v) is 5.14. The van der Waals surface area contributed by atoms with Crippen LogP contribution in [0.4, 0.5) is 0 Å². The monoisotopic (exact) mass is 213 g/mol.